The highest BCUT2D eigenvalue weighted by Crippen LogP contribution is 2.21. The zero-order chi connectivity index (χ0) is 22.5. The average Bonchev–Trinajstić information content (AvgIpc) is 3.26. The van der Waals surface area contributed by atoms with Crippen molar-refractivity contribution < 1.29 is 9.59 Å². The normalized spacial score (nSPS) is 10.6. The summed E-state index contributed by atoms with van der Waals surface area (Å²) in [6.45, 7) is 1.86. The number of rotatable bonds is 6. The third-order valence-corrected chi connectivity index (χ3v) is 4.89. The number of hydrogen-bond acceptors (Lipinski definition) is 4. The fourth-order valence-electron chi connectivity index (χ4n) is 3.22. The van der Waals surface area contributed by atoms with Crippen LogP contribution in [0, 0.1) is 6.92 Å². The lowest BCUT2D eigenvalue weighted by Crippen LogP contribution is -2.35. The van der Waals surface area contributed by atoms with Gasteiger partial charge in [-0.15, -0.1) is 5.10 Å². The highest BCUT2D eigenvalue weighted by Gasteiger charge is 2.23. The van der Waals surface area contributed by atoms with Crippen molar-refractivity contribution >= 4 is 17.5 Å². The molecule has 32 heavy (non-hydrogen) atoms. The third kappa shape index (κ3) is 4.73. The van der Waals surface area contributed by atoms with E-state index in [0.29, 0.717) is 11.5 Å². The van der Waals surface area contributed by atoms with Gasteiger partial charge in [-0.1, -0.05) is 66.2 Å². The molecule has 0 unspecified atom stereocenters. The fraction of sp³-hybridized carbons (Fsp3) is 0.120. The van der Waals surface area contributed by atoms with Gasteiger partial charge in [0.05, 0.1) is 12.2 Å². The number of anilines is 1. The molecule has 2 amide bonds. The summed E-state index contributed by atoms with van der Waals surface area (Å²) >= 11 is 0. The van der Waals surface area contributed by atoms with Crippen LogP contribution in [-0.2, 0) is 4.79 Å². The van der Waals surface area contributed by atoms with Crippen LogP contribution in [0.4, 0.5) is 5.69 Å². The van der Waals surface area contributed by atoms with Gasteiger partial charge in [-0.2, -0.15) is 0 Å². The van der Waals surface area contributed by atoms with E-state index in [1.165, 1.54) is 4.90 Å². The Kier molecular flexibility index (Phi) is 6.07. The molecule has 0 aliphatic rings. The molecule has 0 saturated carbocycles. The molecule has 0 fully saturated rings. The highest BCUT2D eigenvalue weighted by atomic mass is 16.2. The Bertz CT molecular complexity index is 1160. The molecule has 4 rings (SSSR count). The van der Waals surface area contributed by atoms with Crippen LogP contribution in [0.5, 0.6) is 0 Å². The first-order valence-corrected chi connectivity index (χ1v) is 10.2. The molecule has 7 nitrogen and oxygen atoms in total. The summed E-state index contributed by atoms with van der Waals surface area (Å²) in [5.41, 5.74) is 3.41. The fourth-order valence-corrected chi connectivity index (χ4v) is 3.22. The van der Waals surface area contributed by atoms with E-state index in [1.807, 2.05) is 91.9 Å². The summed E-state index contributed by atoms with van der Waals surface area (Å²) in [5, 5.41) is 7.26. The minimum absolute atomic E-state index is 0.0262. The van der Waals surface area contributed by atoms with Crippen molar-refractivity contribution in [3.63, 3.8) is 0 Å². The van der Waals surface area contributed by atoms with E-state index in [1.54, 1.807) is 11.7 Å². The second-order valence-corrected chi connectivity index (χ2v) is 7.45. The SMILES string of the molecule is Cc1ccc(NC(=O)CN(C)C(=O)c2nc(-c3ccccc3)n(-c3ccccc3)n2)cc1. The molecule has 0 saturated heterocycles. The van der Waals surface area contributed by atoms with Crippen LogP contribution in [0.1, 0.15) is 16.2 Å². The standard InChI is InChI=1S/C25H23N5O2/c1-18-13-15-20(16-14-18)26-22(31)17-29(2)25(32)23-27-24(19-9-5-3-6-10-19)30(28-23)21-11-7-4-8-12-21/h3-16H,17H2,1-2H3,(H,26,31). The van der Waals surface area contributed by atoms with Crippen LogP contribution < -0.4 is 5.32 Å². The van der Waals surface area contributed by atoms with E-state index in [4.69, 9.17) is 0 Å². The maximum Gasteiger partial charge on any atom is 0.293 e. The van der Waals surface area contributed by atoms with Gasteiger partial charge in [0, 0.05) is 18.3 Å². The number of nitrogens with zero attached hydrogens (tertiary/aromatic N) is 4. The Morgan fingerprint density at radius 1 is 0.906 bits per heavy atom. The quantitative estimate of drug-likeness (QED) is 0.507. The molecule has 0 atom stereocenters. The molecular weight excluding hydrogens is 402 g/mol. The summed E-state index contributed by atoms with van der Waals surface area (Å²) in [4.78, 5) is 31.2. The summed E-state index contributed by atoms with van der Waals surface area (Å²) in [6, 6.07) is 26.5. The van der Waals surface area contributed by atoms with Crippen LogP contribution in [-0.4, -0.2) is 45.1 Å². The Balaban J connectivity index is 1.56. The highest BCUT2D eigenvalue weighted by molar-refractivity contribution is 5.97. The summed E-state index contributed by atoms with van der Waals surface area (Å²) in [5.74, 6) is -0.151. The van der Waals surface area contributed by atoms with E-state index in [9.17, 15) is 9.59 Å². The second kappa shape index (κ2) is 9.26. The van der Waals surface area contributed by atoms with E-state index < -0.39 is 5.91 Å². The predicted octanol–water partition coefficient (Wildman–Crippen LogP) is 3.95. The zero-order valence-corrected chi connectivity index (χ0v) is 17.9. The number of amides is 2. The smallest absolute Gasteiger partial charge is 0.293 e. The molecule has 0 aliphatic heterocycles. The van der Waals surface area contributed by atoms with Crippen molar-refractivity contribution in [2.75, 3.05) is 18.9 Å². The van der Waals surface area contributed by atoms with Gasteiger partial charge < -0.3 is 10.2 Å². The molecule has 7 heteroatoms. The van der Waals surface area contributed by atoms with E-state index in [2.05, 4.69) is 15.4 Å². The Labute approximate surface area is 186 Å². The number of likely N-dealkylation sites (N-methyl/N-ethyl adjacent to an activating group) is 1. The summed E-state index contributed by atoms with van der Waals surface area (Å²) in [7, 11) is 1.56. The molecule has 1 N–H and O–H groups in total. The first kappa shape index (κ1) is 21.0. The zero-order valence-electron chi connectivity index (χ0n) is 17.9. The van der Waals surface area contributed by atoms with Crippen molar-refractivity contribution in [2.24, 2.45) is 0 Å². The molecule has 1 heterocycles. The monoisotopic (exact) mass is 425 g/mol. The predicted molar refractivity (Wildman–Crippen MR) is 124 cm³/mol. The van der Waals surface area contributed by atoms with E-state index >= 15 is 0 Å². The van der Waals surface area contributed by atoms with Crippen molar-refractivity contribution in [1.29, 1.82) is 0 Å². The summed E-state index contributed by atoms with van der Waals surface area (Å²) in [6.07, 6.45) is 0. The molecule has 3 aromatic carbocycles. The Morgan fingerprint density at radius 3 is 2.19 bits per heavy atom. The minimum atomic E-state index is -0.434. The number of benzene rings is 3. The van der Waals surface area contributed by atoms with Crippen molar-refractivity contribution in [3.05, 3.63) is 96.3 Å². The Morgan fingerprint density at radius 2 is 1.53 bits per heavy atom. The number of carbonyl (C=O) groups excluding carboxylic acids is 2. The molecule has 4 aromatic rings. The number of aromatic nitrogens is 3. The number of aryl methyl sites for hydroxylation is 1. The lowest BCUT2D eigenvalue weighted by molar-refractivity contribution is -0.116. The first-order valence-electron chi connectivity index (χ1n) is 10.2. The van der Waals surface area contributed by atoms with Crippen LogP contribution in [0.3, 0.4) is 0 Å². The largest absolute Gasteiger partial charge is 0.330 e. The third-order valence-electron chi connectivity index (χ3n) is 4.89. The topological polar surface area (TPSA) is 80.1 Å². The van der Waals surface area contributed by atoms with Crippen LogP contribution in [0.15, 0.2) is 84.9 Å². The molecule has 0 bridgehead atoms. The van der Waals surface area contributed by atoms with Gasteiger partial charge in [-0.3, -0.25) is 9.59 Å². The average molecular weight is 425 g/mol. The number of hydrogen-bond donors (Lipinski definition) is 1. The van der Waals surface area contributed by atoms with Gasteiger partial charge in [0.25, 0.3) is 5.91 Å². The van der Waals surface area contributed by atoms with Gasteiger partial charge >= 0.3 is 0 Å². The van der Waals surface area contributed by atoms with Crippen LogP contribution >= 0.6 is 0 Å². The molecule has 0 spiro atoms. The summed E-state index contributed by atoms with van der Waals surface area (Å²) < 4.78 is 1.64. The number of nitrogens with one attached hydrogen (secondary N) is 1. The van der Waals surface area contributed by atoms with Crippen LogP contribution in [0.2, 0.25) is 0 Å². The number of para-hydroxylation sites is 1. The molecule has 0 aliphatic carbocycles. The molecule has 0 radical (unpaired) electrons. The van der Waals surface area contributed by atoms with Crippen molar-refractivity contribution in [3.8, 4) is 17.1 Å². The van der Waals surface area contributed by atoms with Crippen LogP contribution in [0.25, 0.3) is 17.1 Å². The van der Waals surface area contributed by atoms with Crippen molar-refractivity contribution in [2.45, 2.75) is 6.92 Å². The van der Waals surface area contributed by atoms with Gasteiger partial charge in [0.1, 0.15) is 0 Å². The van der Waals surface area contributed by atoms with Gasteiger partial charge in [-0.25, -0.2) is 9.67 Å². The van der Waals surface area contributed by atoms with Crippen molar-refractivity contribution in [1.82, 2.24) is 19.7 Å². The second-order valence-electron chi connectivity index (χ2n) is 7.45. The van der Waals surface area contributed by atoms with E-state index in [-0.39, 0.29) is 18.3 Å². The maximum atomic E-state index is 13.0. The van der Waals surface area contributed by atoms with Gasteiger partial charge in [-0.05, 0) is 31.2 Å². The lowest BCUT2D eigenvalue weighted by atomic mass is 10.2. The van der Waals surface area contributed by atoms with Gasteiger partial charge in [0.2, 0.25) is 11.7 Å². The molecular formula is C25H23N5O2. The lowest BCUT2D eigenvalue weighted by Gasteiger charge is -2.15. The van der Waals surface area contributed by atoms with E-state index in [0.717, 1.165) is 16.8 Å². The maximum absolute atomic E-state index is 13.0. The van der Waals surface area contributed by atoms with Gasteiger partial charge in [0.15, 0.2) is 5.82 Å². The number of carbonyl (C=O) groups is 2. The molecule has 1 aromatic heterocycles. The Hall–Kier alpha value is -4.26. The first-order chi connectivity index (χ1) is 15.5. The molecule has 160 valence electrons. The minimum Gasteiger partial charge on any atom is -0.330 e.